The van der Waals surface area contributed by atoms with Gasteiger partial charge in [-0.1, -0.05) is 80.6 Å². The molecule has 0 N–H and O–H groups in total. The molecule has 0 aliphatic heterocycles. The molecule has 0 amide bonds. The molecule has 1 rings (SSSR count). The topological polar surface area (TPSA) is 36.9 Å². The van der Waals surface area contributed by atoms with Crippen LogP contribution in [0.15, 0.2) is 29.8 Å². The number of benzene rings is 1. The Balaban J connectivity index is 3.51. The third-order valence-electron chi connectivity index (χ3n) is 6.57. The first-order valence-electron chi connectivity index (χ1n) is 12.3. The molecule has 0 aromatic heterocycles. The van der Waals surface area contributed by atoms with Gasteiger partial charge in [-0.25, -0.2) is 0 Å². The summed E-state index contributed by atoms with van der Waals surface area (Å²) in [7, 11) is -1.30. The van der Waals surface area contributed by atoms with Crippen LogP contribution in [0.25, 0.3) is 5.76 Å². The summed E-state index contributed by atoms with van der Waals surface area (Å²) in [6.07, 6.45) is 0.676. The summed E-state index contributed by atoms with van der Waals surface area (Å²) in [6.45, 7) is 27.0. The number of hydrogen-bond acceptors (Lipinski definition) is 4. The summed E-state index contributed by atoms with van der Waals surface area (Å²) in [6, 6.07) is 8.40. The molecule has 0 spiro atoms. The average Bonchev–Trinajstić information content (AvgIpc) is 2.66. The molecule has 0 heterocycles. The Kier molecular flexibility index (Phi) is 10.7. The summed E-state index contributed by atoms with van der Waals surface area (Å²) in [5, 5.41) is 0.143. The van der Waals surface area contributed by atoms with Crippen LogP contribution in [0.1, 0.15) is 67.4 Å². The molecule has 1 aromatic carbocycles. The molecular weight excluding hydrogens is 461 g/mol. The second-order valence-electron chi connectivity index (χ2n) is 12.1. The van der Waals surface area contributed by atoms with E-state index in [2.05, 4.69) is 106 Å². The molecule has 0 saturated heterocycles. The van der Waals surface area contributed by atoms with E-state index < -0.39 is 27.8 Å². The van der Waals surface area contributed by atoms with Gasteiger partial charge in [0.15, 0.2) is 19.5 Å². The molecule has 7 heteroatoms. The SMILES string of the molecule is COC(=C(CC(C)(C)C(O[SiH2]C)O[SiH2]C)C(C)(C)C)c1cccc(O[Si](C)(C)C(C)(C)C)c1. The van der Waals surface area contributed by atoms with Crippen molar-refractivity contribution < 1.29 is 18.0 Å². The van der Waals surface area contributed by atoms with E-state index in [0.29, 0.717) is 0 Å². The molecule has 0 aliphatic carbocycles. The van der Waals surface area contributed by atoms with Crippen LogP contribution < -0.4 is 4.43 Å². The van der Waals surface area contributed by atoms with Crippen LogP contribution in [0.2, 0.25) is 31.2 Å². The fourth-order valence-electron chi connectivity index (χ4n) is 3.59. The number of methoxy groups -OCH3 is 1. The van der Waals surface area contributed by atoms with Crippen molar-refractivity contribution in [1.29, 1.82) is 0 Å². The fraction of sp³-hybridized carbons (Fsp3) is 0.692. The van der Waals surface area contributed by atoms with Crippen LogP contribution in [-0.2, 0) is 13.6 Å². The van der Waals surface area contributed by atoms with Crippen molar-refractivity contribution >= 4 is 33.6 Å². The van der Waals surface area contributed by atoms with Crippen LogP contribution in [-0.4, -0.2) is 41.2 Å². The molecule has 0 atom stereocenters. The molecule has 190 valence electrons. The van der Waals surface area contributed by atoms with Gasteiger partial charge in [0.05, 0.1) is 7.11 Å². The lowest BCUT2D eigenvalue weighted by Gasteiger charge is -2.39. The van der Waals surface area contributed by atoms with E-state index in [9.17, 15) is 0 Å². The smallest absolute Gasteiger partial charge is 0.250 e. The van der Waals surface area contributed by atoms with Gasteiger partial charge in [-0.05, 0) is 47.7 Å². The van der Waals surface area contributed by atoms with Crippen molar-refractivity contribution in [2.24, 2.45) is 10.8 Å². The molecule has 4 nitrogen and oxygen atoms in total. The molecule has 0 unspecified atom stereocenters. The molecule has 1 aromatic rings. The van der Waals surface area contributed by atoms with Crippen LogP contribution in [0, 0.1) is 10.8 Å². The van der Waals surface area contributed by atoms with Crippen molar-refractivity contribution in [1.82, 2.24) is 0 Å². The summed E-state index contributed by atoms with van der Waals surface area (Å²) in [5.74, 6) is 1.84. The van der Waals surface area contributed by atoms with E-state index in [1.54, 1.807) is 7.11 Å². The first kappa shape index (κ1) is 30.2. The maximum absolute atomic E-state index is 6.60. The maximum Gasteiger partial charge on any atom is 0.250 e. The van der Waals surface area contributed by atoms with E-state index >= 15 is 0 Å². The van der Waals surface area contributed by atoms with Gasteiger partial charge in [-0.2, -0.15) is 0 Å². The minimum atomic E-state index is -1.93. The van der Waals surface area contributed by atoms with Gasteiger partial charge in [0.2, 0.25) is 8.32 Å². The van der Waals surface area contributed by atoms with Gasteiger partial charge < -0.3 is 18.0 Å². The molecule has 0 bridgehead atoms. The monoisotopic (exact) mass is 510 g/mol. The lowest BCUT2D eigenvalue weighted by atomic mass is 9.74. The molecule has 33 heavy (non-hydrogen) atoms. The minimum absolute atomic E-state index is 0.0727. The highest BCUT2D eigenvalue weighted by molar-refractivity contribution is 6.74. The second kappa shape index (κ2) is 11.7. The van der Waals surface area contributed by atoms with Crippen molar-refractivity contribution in [2.45, 2.75) is 99.3 Å². The molecule has 0 saturated carbocycles. The van der Waals surface area contributed by atoms with Gasteiger partial charge in [-0.15, -0.1) is 0 Å². The lowest BCUT2D eigenvalue weighted by molar-refractivity contribution is -0.0795. The van der Waals surface area contributed by atoms with Gasteiger partial charge in [-0.3, -0.25) is 0 Å². The van der Waals surface area contributed by atoms with E-state index in [-0.39, 0.29) is 22.2 Å². The van der Waals surface area contributed by atoms with Crippen LogP contribution in [0.3, 0.4) is 0 Å². The molecule has 0 aliphatic rings. The first-order valence-corrected chi connectivity index (χ1v) is 19.2. The predicted octanol–water partition coefficient (Wildman–Crippen LogP) is 6.51. The predicted molar refractivity (Wildman–Crippen MR) is 151 cm³/mol. The first-order chi connectivity index (χ1) is 15.0. The van der Waals surface area contributed by atoms with Crippen LogP contribution in [0.4, 0.5) is 0 Å². The van der Waals surface area contributed by atoms with Crippen LogP contribution >= 0.6 is 0 Å². The quantitative estimate of drug-likeness (QED) is 0.193. The Morgan fingerprint density at radius 2 is 1.48 bits per heavy atom. The Morgan fingerprint density at radius 3 is 1.91 bits per heavy atom. The van der Waals surface area contributed by atoms with Gasteiger partial charge in [0, 0.05) is 11.0 Å². The van der Waals surface area contributed by atoms with E-state index in [4.69, 9.17) is 18.0 Å². The number of rotatable bonds is 11. The van der Waals surface area contributed by atoms with Crippen molar-refractivity contribution in [3.8, 4) is 5.75 Å². The zero-order valence-corrected chi connectivity index (χ0v) is 27.5. The Bertz CT molecular complexity index is 783. The number of allylic oxidation sites excluding steroid dienone is 1. The van der Waals surface area contributed by atoms with E-state index in [1.807, 2.05) is 0 Å². The normalized spacial score (nSPS) is 15.9. The van der Waals surface area contributed by atoms with Gasteiger partial charge in [0.1, 0.15) is 17.8 Å². The highest BCUT2D eigenvalue weighted by atomic mass is 28.4. The zero-order chi connectivity index (χ0) is 25.7. The van der Waals surface area contributed by atoms with E-state index in [0.717, 1.165) is 23.5 Å². The van der Waals surface area contributed by atoms with Gasteiger partial charge >= 0.3 is 0 Å². The Hall–Kier alpha value is -0.869. The minimum Gasteiger partial charge on any atom is -0.543 e. The summed E-state index contributed by atoms with van der Waals surface area (Å²) < 4.78 is 25.0. The maximum atomic E-state index is 6.60. The highest BCUT2D eigenvalue weighted by Gasteiger charge is 2.39. The molecule has 0 radical (unpaired) electrons. The van der Waals surface area contributed by atoms with Crippen molar-refractivity contribution in [2.75, 3.05) is 7.11 Å². The standard InChI is InChI=1S/C26H50O4Si3/c1-24(2,3)21(18-26(7,8)23(28-31-10)29-32-11)22(27-9)19-15-14-16-20(17-19)30-33(12,13)25(4,5)6/h14-17,23H,18,31-32H2,1-13H3. The zero-order valence-electron chi connectivity index (χ0n) is 23.6. The van der Waals surface area contributed by atoms with Crippen molar-refractivity contribution in [3.63, 3.8) is 0 Å². The molecular formula is C26H50O4Si3. The summed E-state index contributed by atoms with van der Waals surface area (Å²) in [4.78, 5) is 0. The Labute approximate surface area is 209 Å². The Morgan fingerprint density at radius 1 is 0.939 bits per heavy atom. The third-order valence-corrected chi connectivity index (χ3v) is 12.2. The fourth-order valence-corrected chi connectivity index (χ4v) is 6.51. The average molecular weight is 511 g/mol. The largest absolute Gasteiger partial charge is 0.543 e. The summed E-state index contributed by atoms with van der Waals surface area (Å²) in [5.41, 5.74) is 2.10. The molecule has 0 fully saturated rings. The summed E-state index contributed by atoms with van der Waals surface area (Å²) >= 11 is 0. The van der Waals surface area contributed by atoms with Crippen LogP contribution in [0.5, 0.6) is 5.75 Å². The van der Waals surface area contributed by atoms with E-state index in [1.165, 1.54) is 5.57 Å². The number of hydrogen-bond donors (Lipinski definition) is 0. The van der Waals surface area contributed by atoms with Crippen molar-refractivity contribution in [3.05, 3.63) is 35.4 Å². The second-order valence-corrected chi connectivity index (χ2v) is 18.6. The van der Waals surface area contributed by atoms with Gasteiger partial charge in [0.25, 0.3) is 0 Å². The highest BCUT2D eigenvalue weighted by Crippen LogP contribution is 2.44. The number of ether oxygens (including phenoxy) is 1. The lowest BCUT2D eigenvalue weighted by Crippen LogP contribution is -2.43. The third kappa shape index (κ3) is 8.38.